The summed E-state index contributed by atoms with van der Waals surface area (Å²) < 4.78 is 27.1. The average Bonchev–Trinajstić information content (AvgIpc) is 2.05. The summed E-state index contributed by atoms with van der Waals surface area (Å²) in [5.74, 6) is 0.245. The number of alkyl halides is 3. The van der Waals surface area contributed by atoms with Crippen LogP contribution in [0.25, 0.3) is 0 Å². The van der Waals surface area contributed by atoms with Crippen molar-refractivity contribution < 1.29 is 13.5 Å². The van der Waals surface area contributed by atoms with E-state index in [2.05, 4.69) is 14.7 Å². The van der Waals surface area contributed by atoms with E-state index in [-0.39, 0.29) is 11.9 Å². The molecule has 0 saturated carbocycles. The second-order valence-electron chi connectivity index (χ2n) is 1.89. The highest BCUT2D eigenvalue weighted by molar-refractivity contribution is 6.17. The van der Waals surface area contributed by atoms with Gasteiger partial charge in [0, 0.05) is 18.0 Å². The highest BCUT2D eigenvalue weighted by Gasteiger charge is 2.05. The largest absolute Gasteiger partial charge is 0.401 e. The third-order valence-electron chi connectivity index (χ3n) is 1.03. The van der Waals surface area contributed by atoms with Crippen LogP contribution in [0.1, 0.15) is 5.56 Å². The number of nitrogens with zero attached hydrogens (tertiary/aromatic N) is 2. The van der Waals surface area contributed by atoms with Crippen LogP contribution in [-0.2, 0) is 5.88 Å². The van der Waals surface area contributed by atoms with Gasteiger partial charge < -0.3 is 4.74 Å². The molecule has 0 fully saturated rings. The van der Waals surface area contributed by atoms with Gasteiger partial charge in [-0.2, -0.15) is 8.78 Å². The number of hydrogen-bond donors (Lipinski definition) is 0. The molecule has 0 unspecified atom stereocenters. The first kappa shape index (κ1) is 9.12. The van der Waals surface area contributed by atoms with Gasteiger partial charge in [-0.3, -0.25) is 0 Å². The number of rotatable bonds is 3. The molecule has 3 nitrogen and oxygen atoms in total. The van der Waals surface area contributed by atoms with Gasteiger partial charge in [-0.05, 0) is 0 Å². The van der Waals surface area contributed by atoms with Crippen molar-refractivity contribution in [3.8, 4) is 6.01 Å². The first-order valence-corrected chi connectivity index (χ1v) is 3.57. The van der Waals surface area contributed by atoms with Gasteiger partial charge in [0.05, 0.1) is 5.88 Å². The van der Waals surface area contributed by atoms with Crippen LogP contribution in [0.2, 0.25) is 0 Å². The molecule has 1 rings (SSSR count). The monoisotopic (exact) mass is 194 g/mol. The molecular formula is C6H5ClF2N2O. The van der Waals surface area contributed by atoms with E-state index in [4.69, 9.17) is 11.6 Å². The Kier molecular flexibility index (Phi) is 3.16. The van der Waals surface area contributed by atoms with E-state index in [0.29, 0.717) is 5.56 Å². The van der Waals surface area contributed by atoms with Crippen molar-refractivity contribution in [3.63, 3.8) is 0 Å². The zero-order valence-electron chi connectivity index (χ0n) is 5.88. The van der Waals surface area contributed by atoms with Crippen molar-refractivity contribution in [2.45, 2.75) is 12.5 Å². The molecule has 0 bridgehead atoms. The summed E-state index contributed by atoms with van der Waals surface area (Å²) in [4.78, 5) is 6.98. The van der Waals surface area contributed by atoms with Crippen LogP contribution >= 0.6 is 11.6 Å². The summed E-state index contributed by atoms with van der Waals surface area (Å²) in [6.07, 6.45) is 2.66. The molecule has 0 saturated heterocycles. The fourth-order valence-corrected chi connectivity index (χ4v) is 0.690. The molecule has 12 heavy (non-hydrogen) atoms. The van der Waals surface area contributed by atoms with E-state index < -0.39 is 6.61 Å². The maximum atomic E-state index is 11.6. The van der Waals surface area contributed by atoms with Crippen LogP contribution in [0, 0.1) is 0 Å². The van der Waals surface area contributed by atoms with E-state index >= 15 is 0 Å². The second kappa shape index (κ2) is 4.15. The third kappa shape index (κ3) is 2.58. The number of hydrogen-bond acceptors (Lipinski definition) is 3. The third-order valence-corrected chi connectivity index (χ3v) is 1.34. The Labute approximate surface area is 72.3 Å². The Bertz CT molecular complexity index is 242. The second-order valence-corrected chi connectivity index (χ2v) is 2.15. The Balaban J connectivity index is 2.65. The molecule has 0 N–H and O–H groups in total. The van der Waals surface area contributed by atoms with Gasteiger partial charge in [-0.15, -0.1) is 11.6 Å². The molecule has 0 aliphatic heterocycles. The lowest BCUT2D eigenvalue weighted by Crippen LogP contribution is -2.05. The van der Waals surface area contributed by atoms with Gasteiger partial charge in [0.25, 0.3) is 0 Å². The van der Waals surface area contributed by atoms with E-state index in [1.165, 1.54) is 12.4 Å². The van der Waals surface area contributed by atoms with Crippen LogP contribution in [0.3, 0.4) is 0 Å². The molecule has 1 aromatic rings. The summed E-state index contributed by atoms with van der Waals surface area (Å²) in [5, 5.41) is 0. The maximum absolute atomic E-state index is 11.6. The van der Waals surface area contributed by atoms with E-state index in [0.717, 1.165) is 0 Å². The van der Waals surface area contributed by atoms with Crippen LogP contribution in [0.15, 0.2) is 12.4 Å². The van der Waals surface area contributed by atoms with Crippen molar-refractivity contribution in [1.29, 1.82) is 0 Å². The zero-order valence-corrected chi connectivity index (χ0v) is 6.63. The van der Waals surface area contributed by atoms with Crippen molar-refractivity contribution in [2.75, 3.05) is 0 Å². The molecule has 66 valence electrons. The first-order valence-electron chi connectivity index (χ1n) is 3.04. The minimum Gasteiger partial charge on any atom is -0.401 e. The molecule has 0 spiro atoms. The molecular weight excluding hydrogens is 190 g/mol. The quantitative estimate of drug-likeness (QED) is 0.689. The zero-order chi connectivity index (χ0) is 8.97. The Morgan fingerprint density at radius 1 is 1.42 bits per heavy atom. The van der Waals surface area contributed by atoms with E-state index in [1.807, 2.05) is 0 Å². The lowest BCUT2D eigenvalue weighted by atomic mass is 10.4. The summed E-state index contributed by atoms with van der Waals surface area (Å²) in [6, 6.07) is -0.348. The lowest BCUT2D eigenvalue weighted by molar-refractivity contribution is -0.0561. The van der Waals surface area contributed by atoms with Crippen molar-refractivity contribution in [3.05, 3.63) is 18.0 Å². The number of halogens is 3. The summed E-state index contributed by atoms with van der Waals surface area (Å²) in [7, 11) is 0. The smallest absolute Gasteiger partial charge is 0.389 e. The molecule has 0 aromatic carbocycles. The molecule has 1 heterocycles. The Hall–Kier alpha value is -0.970. The topological polar surface area (TPSA) is 35.0 Å². The van der Waals surface area contributed by atoms with E-state index in [1.54, 1.807) is 0 Å². The van der Waals surface area contributed by atoms with E-state index in [9.17, 15) is 8.78 Å². The molecule has 0 aliphatic carbocycles. The van der Waals surface area contributed by atoms with Gasteiger partial charge in [0.15, 0.2) is 0 Å². The Morgan fingerprint density at radius 2 is 2.00 bits per heavy atom. The molecule has 0 atom stereocenters. The van der Waals surface area contributed by atoms with Gasteiger partial charge >= 0.3 is 12.6 Å². The molecule has 1 aromatic heterocycles. The molecule has 6 heteroatoms. The molecule has 0 radical (unpaired) electrons. The van der Waals surface area contributed by atoms with Crippen LogP contribution in [0.4, 0.5) is 8.78 Å². The molecule has 0 amide bonds. The normalized spacial score (nSPS) is 10.3. The van der Waals surface area contributed by atoms with Gasteiger partial charge in [-0.1, -0.05) is 0 Å². The summed E-state index contributed by atoms with van der Waals surface area (Å²) in [6.45, 7) is -2.90. The van der Waals surface area contributed by atoms with Crippen molar-refractivity contribution >= 4 is 11.6 Å². The minimum atomic E-state index is -2.90. The fourth-order valence-electron chi connectivity index (χ4n) is 0.552. The highest BCUT2D eigenvalue weighted by atomic mass is 35.5. The fraction of sp³-hybridized carbons (Fsp3) is 0.333. The van der Waals surface area contributed by atoms with Crippen LogP contribution in [0.5, 0.6) is 6.01 Å². The first-order chi connectivity index (χ1) is 5.72. The Morgan fingerprint density at radius 3 is 2.42 bits per heavy atom. The maximum Gasteiger partial charge on any atom is 0.389 e. The molecule has 0 aliphatic rings. The van der Waals surface area contributed by atoms with Gasteiger partial charge in [0.1, 0.15) is 0 Å². The standard InChI is InChI=1S/C6H5ClF2N2O/c7-1-4-2-10-6(11-3-4)12-5(8)9/h2-3,5H,1H2. The minimum absolute atomic E-state index is 0.245. The van der Waals surface area contributed by atoms with Gasteiger partial charge in [-0.25, -0.2) is 9.97 Å². The summed E-state index contributed by atoms with van der Waals surface area (Å²) >= 11 is 5.42. The SMILES string of the molecule is FC(F)Oc1ncc(CCl)cn1. The predicted molar refractivity (Wildman–Crippen MR) is 38.2 cm³/mol. The number of ether oxygens (including phenoxy) is 1. The van der Waals surface area contributed by atoms with Crippen molar-refractivity contribution in [2.24, 2.45) is 0 Å². The van der Waals surface area contributed by atoms with Gasteiger partial charge in [0.2, 0.25) is 0 Å². The highest BCUT2D eigenvalue weighted by Crippen LogP contribution is 2.07. The van der Waals surface area contributed by atoms with Crippen LogP contribution in [-0.4, -0.2) is 16.6 Å². The lowest BCUT2D eigenvalue weighted by Gasteiger charge is -2.00. The predicted octanol–water partition coefficient (Wildman–Crippen LogP) is 1.82. The van der Waals surface area contributed by atoms with Crippen molar-refractivity contribution in [1.82, 2.24) is 9.97 Å². The summed E-state index contributed by atoms with van der Waals surface area (Å²) in [5.41, 5.74) is 0.651. The number of aromatic nitrogens is 2. The van der Waals surface area contributed by atoms with Crippen LogP contribution < -0.4 is 4.74 Å². The average molecular weight is 195 g/mol.